The molecule has 0 radical (unpaired) electrons. The largest absolute Gasteiger partial charge is 0.770 e. The quantitative estimate of drug-likeness (QED) is 0.390. The molecule has 0 saturated carbocycles. The van der Waals surface area contributed by atoms with E-state index in [4.69, 9.17) is 4.65 Å². The molecule has 76 valence electrons. The standard InChI is InChI=1S/C8H11BO5/c1-10-13-9(14-11-2)12-8-6-4-3-5-7-8/h3-7H,1-2H3. The first-order chi connectivity index (χ1) is 6.86. The summed E-state index contributed by atoms with van der Waals surface area (Å²) in [6.07, 6.45) is 0. The third kappa shape index (κ3) is 3.76. The second-order valence-corrected chi connectivity index (χ2v) is 2.25. The number of hydrogen-bond donors (Lipinski definition) is 0. The highest BCUT2D eigenvalue weighted by Gasteiger charge is 2.26. The smallest absolute Gasteiger partial charge is 0.509 e. The Morgan fingerprint density at radius 3 is 2.00 bits per heavy atom. The molecule has 0 saturated heterocycles. The van der Waals surface area contributed by atoms with Crippen molar-refractivity contribution >= 4 is 7.32 Å². The molecule has 0 aromatic heterocycles. The van der Waals surface area contributed by atoms with Crippen molar-refractivity contribution in [2.24, 2.45) is 0 Å². The van der Waals surface area contributed by atoms with Crippen LogP contribution in [-0.2, 0) is 19.4 Å². The number of para-hydroxylation sites is 1. The van der Waals surface area contributed by atoms with Crippen LogP contribution in [0.5, 0.6) is 5.75 Å². The Morgan fingerprint density at radius 1 is 0.929 bits per heavy atom. The second kappa shape index (κ2) is 6.39. The molecule has 0 fully saturated rings. The first kappa shape index (κ1) is 11.0. The third-order valence-corrected chi connectivity index (χ3v) is 1.33. The molecule has 0 atom stereocenters. The van der Waals surface area contributed by atoms with Gasteiger partial charge in [-0.15, -0.1) is 0 Å². The lowest BCUT2D eigenvalue weighted by Crippen LogP contribution is -2.29. The topological polar surface area (TPSA) is 46.2 Å². The molecular weight excluding hydrogens is 187 g/mol. The van der Waals surface area contributed by atoms with E-state index < -0.39 is 7.32 Å². The van der Waals surface area contributed by atoms with Crippen LogP contribution >= 0.6 is 0 Å². The van der Waals surface area contributed by atoms with Crippen LogP contribution in [0.25, 0.3) is 0 Å². The first-order valence-corrected chi connectivity index (χ1v) is 3.97. The minimum Gasteiger partial charge on any atom is -0.509 e. The first-order valence-electron chi connectivity index (χ1n) is 3.97. The summed E-state index contributed by atoms with van der Waals surface area (Å²) >= 11 is 0. The zero-order chi connectivity index (χ0) is 10.2. The van der Waals surface area contributed by atoms with Crippen LogP contribution in [0.2, 0.25) is 0 Å². The molecule has 5 nitrogen and oxygen atoms in total. The van der Waals surface area contributed by atoms with Gasteiger partial charge in [0.15, 0.2) is 0 Å². The highest BCUT2D eigenvalue weighted by Crippen LogP contribution is 2.10. The molecule has 14 heavy (non-hydrogen) atoms. The molecular formula is C8H11BO5. The summed E-state index contributed by atoms with van der Waals surface area (Å²) in [4.78, 5) is 18.0. The van der Waals surface area contributed by atoms with Gasteiger partial charge in [-0.25, -0.2) is 19.4 Å². The summed E-state index contributed by atoms with van der Waals surface area (Å²) in [7, 11) is 1.65. The second-order valence-electron chi connectivity index (χ2n) is 2.25. The van der Waals surface area contributed by atoms with Crippen LogP contribution in [0, 0.1) is 0 Å². The van der Waals surface area contributed by atoms with Crippen molar-refractivity contribution in [2.45, 2.75) is 0 Å². The molecule has 6 heteroatoms. The van der Waals surface area contributed by atoms with Crippen molar-refractivity contribution in [3.05, 3.63) is 30.3 Å². The maximum Gasteiger partial charge on any atom is 0.770 e. The van der Waals surface area contributed by atoms with E-state index >= 15 is 0 Å². The molecule has 0 N–H and O–H groups in total. The van der Waals surface area contributed by atoms with Crippen LogP contribution in [0.15, 0.2) is 30.3 Å². The average Bonchev–Trinajstić information content (AvgIpc) is 2.20. The van der Waals surface area contributed by atoms with Crippen molar-refractivity contribution in [3.8, 4) is 5.75 Å². The van der Waals surface area contributed by atoms with E-state index in [1.165, 1.54) is 14.2 Å². The number of rotatable bonds is 6. The van der Waals surface area contributed by atoms with Crippen molar-refractivity contribution < 1.29 is 24.0 Å². The van der Waals surface area contributed by atoms with Gasteiger partial charge in [0, 0.05) is 0 Å². The van der Waals surface area contributed by atoms with Gasteiger partial charge in [0.1, 0.15) is 5.75 Å². The molecule has 0 unspecified atom stereocenters. The molecule has 0 spiro atoms. The fourth-order valence-electron chi connectivity index (χ4n) is 0.823. The van der Waals surface area contributed by atoms with Crippen LogP contribution in [-0.4, -0.2) is 21.5 Å². The predicted octanol–water partition coefficient (Wildman–Crippen LogP) is 1.21. The van der Waals surface area contributed by atoms with E-state index in [9.17, 15) is 0 Å². The zero-order valence-corrected chi connectivity index (χ0v) is 8.01. The molecule has 1 aromatic rings. The molecule has 0 aliphatic carbocycles. The minimum absolute atomic E-state index is 0.589. The Bertz CT molecular complexity index is 237. The lowest BCUT2D eigenvalue weighted by atomic mass is 10.2. The summed E-state index contributed by atoms with van der Waals surface area (Å²) < 4.78 is 5.20. The van der Waals surface area contributed by atoms with Gasteiger partial charge in [-0.05, 0) is 12.1 Å². The molecule has 0 bridgehead atoms. The van der Waals surface area contributed by atoms with E-state index in [0.717, 1.165) is 0 Å². The van der Waals surface area contributed by atoms with Gasteiger partial charge in [0.05, 0.1) is 14.2 Å². The Balaban J connectivity index is 2.46. The maximum atomic E-state index is 5.20. The van der Waals surface area contributed by atoms with E-state index in [1.54, 1.807) is 12.1 Å². The van der Waals surface area contributed by atoms with Crippen LogP contribution in [0.4, 0.5) is 0 Å². The Kier molecular flexibility index (Phi) is 5.02. The Labute approximate surface area is 82.5 Å². The van der Waals surface area contributed by atoms with Gasteiger partial charge in [-0.2, -0.15) is 0 Å². The van der Waals surface area contributed by atoms with Gasteiger partial charge in [-0.1, -0.05) is 18.2 Å². The lowest BCUT2D eigenvalue weighted by Gasteiger charge is -2.10. The third-order valence-electron chi connectivity index (χ3n) is 1.33. The summed E-state index contributed by atoms with van der Waals surface area (Å²) in [6.45, 7) is 0. The van der Waals surface area contributed by atoms with Gasteiger partial charge in [0.25, 0.3) is 0 Å². The van der Waals surface area contributed by atoms with Gasteiger partial charge < -0.3 is 4.65 Å². The highest BCUT2D eigenvalue weighted by atomic mass is 17.3. The normalized spacial score (nSPS) is 9.86. The molecule has 0 aliphatic heterocycles. The van der Waals surface area contributed by atoms with E-state index in [2.05, 4.69) is 19.4 Å². The summed E-state index contributed by atoms with van der Waals surface area (Å²) in [6, 6.07) is 9.03. The molecule has 0 amide bonds. The van der Waals surface area contributed by atoms with Gasteiger partial charge in [0.2, 0.25) is 0 Å². The monoisotopic (exact) mass is 198 g/mol. The Morgan fingerprint density at radius 2 is 1.50 bits per heavy atom. The maximum absolute atomic E-state index is 5.20. The fraction of sp³-hybridized carbons (Fsp3) is 0.250. The van der Waals surface area contributed by atoms with Crippen molar-refractivity contribution in [1.82, 2.24) is 0 Å². The highest BCUT2D eigenvalue weighted by molar-refractivity contribution is 6.36. The van der Waals surface area contributed by atoms with Crippen LogP contribution in [0.3, 0.4) is 0 Å². The number of benzene rings is 1. The Hall–Kier alpha value is -1.08. The van der Waals surface area contributed by atoms with Crippen molar-refractivity contribution in [3.63, 3.8) is 0 Å². The zero-order valence-electron chi connectivity index (χ0n) is 8.01. The minimum atomic E-state index is -1.05. The molecule has 0 heterocycles. The summed E-state index contributed by atoms with van der Waals surface area (Å²) in [5.41, 5.74) is 0. The molecule has 1 aromatic carbocycles. The van der Waals surface area contributed by atoms with Crippen molar-refractivity contribution in [2.75, 3.05) is 14.2 Å². The predicted molar refractivity (Wildman–Crippen MR) is 49.0 cm³/mol. The van der Waals surface area contributed by atoms with E-state index in [-0.39, 0.29) is 0 Å². The fourth-order valence-corrected chi connectivity index (χ4v) is 0.823. The molecule has 0 aliphatic rings. The average molecular weight is 198 g/mol. The SMILES string of the molecule is COOB(OOC)Oc1ccccc1. The van der Waals surface area contributed by atoms with Crippen LogP contribution in [0.1, 0.15) is 0 Å². The van der Waals surface area contributed by atoms with Crippen LogP contribution < -0.4 is 4.65 Å². The van der Waals surface area contributed by atoms with Gasteiger partial charge >= 0.3 is 7.32 Å². The molecule has 1 rings (SSSR count). The summed E-state index contributed by atoms with van der Waals surface area (Å²) in [5, 5.41) is 0. The van der Waals surface area contributed by atoms with Gasteiger partial charge in [-0.3, -0.25) is 0 Å². The van der Waals surface area contributed by atoms with E-state index in [1.807, 2.05) is 18.2 Å². The lowest BCUT2D eigenvalue weighted by molar-refractivity contribution is -0.273. The van der Waals surface area contributed by atoms with E-state index in [0.29, 0.717) is 5.75 Å². The van der Waals surface area contributed by atoms with Crippen molar-refractivity contribution in [1.29, 1.82) is 0 Å². The summed E-state index contributed by atoms with van der Waals surface area (Å²) in [5.74, 6) is 0.589. The number of hydrogen-bond acceptors (Lipinski definition) is 5.